The number of carboxylic acids is 1. The fraction of sp³-hybridized carbons (Fsp3) is 0.741. The highest BCUT2D eigenvalue weighted by Crippen LogP contribution is 2.22. The number of nitrogens with one attached hydrogen (secondary N) is 1. The Kier molecular flexibility index (Phi) is 15.5. The molecule has 1 aromatic rings. The van der Waals surface area contributed by atoms with Crippen molar-refractivity contribution in [2.24, 2.45) is 5.41 Å². The van der Waals surface area contributed by atoms with Gasteiger partial charge in [-0.3, -0.25) is 4.79 Å². The second-order valence-corrected chi connectivity index (χ2v) is 12.6. The third kappa shape index (κ3) is 14.4. The Labute approximate surface area is 219 Å². The zero-order valence-electron chi connectivity index (χ0n) is 22.8. The summed E-state index contributed by atoms with van der Waals surface area (Å²) in [6, 6.07) is 6.19. The van der Waals surface area contributed by atoms with E-state index in [1.807, 2.05) is 27.7 Å². The average molecular weight is 526 g/mol. The molecule has 0 saturated carbocycles. The van der Waals surface area contributed by atoms with Crippen molar-refractivity contribution in [2.75, 3.05) is 6.54 Å². The van der Waals surface area contributed by atoms with E-state index >= 15 is 0 Å². The van der Waals surface area contributed by atoms with Crippen LogP contribution in [0.1, 0.15) is 111 Å². The Hall–Kier alpha value is -1.42. The van der Waals surface area contributed by atoms with Gasteiger partial charge in [0.15, 0.2) is 0 Å². The summed E-state index contributed by atoms with van der Waals surface area (Å²) in [7, 11) is -4.67. The van der Waals surface area contributed by atoms with Gasteiger partial charge in [-0.25, -0.2) is 13.1 Å². The summed E-state index contributed by atoms with van der Waals surface area (Å²) < 4.78 is 33.4. The van der Waals surface area contributed by atoms with Crippen molar-refractivity contribution in [1.82, 2.24) is 4.72 Å². The van der Waals surface area contributed by atoms with Crippen LogP contribution in [0.25, 0.3) is 0 Å². The van der Waals surface area contributed by atoms with E-state index in [-0.39, 0.29) is 22.8 Å². The van der Waals surface area contributed by atoms with Gasteiger partial charge in [-0.1, -0.05) is 97.1 Å². The van der Waals surface area contributed by atoms with E-state index in [2.05, 4.69) is 4.72 Å². The fourth-order valence-electron chi connectivity index (χ4n) is 3.75. The van der Waals surface area contributed by atoms with Gasteiger partial charge in [0.2, 0.25) is 10.0 Å². The molecule has 0 bridgehead atoms. The van der Waals surface area contributed by atoms with E-state index in [1.54, 1.807) is 12.1 Å². The number of rotatable bonds is 20. The molecule has 36 heavy (non-hydrogen) atoms. The van der Waals surface area contributed by atoms with E-state index < -0.39 is 23.1 Å². The van der Waals surface area contributed by atoms with Crippen LogP contribution in [-0.2, 0) is 19.5 Å². The zero-order chi connectivity index (χ0) is 27.0. The largest absolute Gasteiger partial charge is 0.491 e. The van der Waals surface area contributed by atoms with E-state index in [9.17, 15) is 18.2 Å². The first kappa shape index (κ1) is 32.6. The Morgan fingerprint density at radius 1 is 0.889 bits per heavy atom. The van der Waals surface area contributed by atoms with Gasteiger partial charge in [0, 0.05) is 19.1 Å². The average Bonchev–Trinajstić information content (AvgIpc) is 2.80. The molecule has 1 aromatic carbocycles. The van der Waals surface area contributed by atoms with Gasteiger partial charge in [0.05, 0.1) is 4.90 Å². The number of hydrogen-bond acceptors (Lipinski definition) is 5. The van der Waals surface area contributed by atoms with Crippen LogP contribution in [0, 0.1) is 5.41 Å². The van der Waals surface area contributed by atoms with E-state index in [1.165, 1.54) is 50.7 Å². The quantitative estimate of drug-likeness (QED) is 0.158. The standard InChI is InChI=1S/C27H48BNO6S/c1-23(27(2,3)4)35-28(32)24-18-20-25(21-19-24)36(33,34)29-22-16-14-12-10-8-6-5-7-9-11-13-15-17-26(30)31/h18-21,23,29,32H,5-17,22H2,1-4H3,(H,30,31). The van der Waals surface area contributed by atoms with Gasteiger partial charge in [-0.2, -0.15) is 0 Å². The summed E-state index contributed by atoms with van der Waals surface area (Å²) >= 11 is 0. The molecule has 0 aliphatic rings. The molecule has 0 heterocycles. The molecule has 1 rings (SSSR count). The number of carboxylic acid groups (broad SMARTS) is 1. The van der Waals surface area contributed by atoms with Crippen LogP contribution in [0.4, 0.5) is 0 Å². The molecule has 1 atom stereocenters. The number of unbranched alkanes of at least 4 members (excludes halogenated alkanes) is 11. The Morgan fingerprint density at radius 2 is 1.33 bits per heavy atom. The maximum absolute atomic E-state index is 12.5. The molecule has 0 saturated heterocycles. The molecular weight excluding hydrogens is 477 g/mol. The monoisotopic (exact) mass is 525 g/mol. The highest BCUT2D eigenvalue weighted by atomic mass is 32.2. The van der Waals surface area contributed by atoms with Crippen molar-refractivity contribution in [1.29, 1.82) is 0 Å². The van der Waals surface area contributed by atoms with Crippen LogP contribution in [0.3, 0.4) is 0 Å². The second-order valence-electron chi connectivity index (χ2n) is 10.8. The Balaban J connectivity index is 2.14. The summed E-state index contributed by atoms with van der Waals surface area (Å²) in [5, 5.41) is 18.9. The van der Waals surface area contributed by atoms with Gasteiger partial charge in [-0.05, 0) is 42.8 Å². The molecule has 0 aliphatic heterocycles. The molecule has 0 radical (unpaired) electrons. The Morgan fingerprint density at radius 3 is 1.78 bits per heavy atom. The van der Waals surface area contributed by atoms with E-state index in [0.29, 0.717) is 12.0 Å². The molecule has 0 aromatic heterocycles. The fourth-order valence-corrected chi connectivity index (χ4v) is 4.82. The lowest BCUT2D eigenvalue weighted by Gasteiger charge is -2.28. The minimum absolute atomic E-state index is 0.111. The molecule has 206 valence electrons. The number of hydrogen-bond donors (Lipinski definition) is 3. The minimum atomic E-state index is -3.57. The number of aliphatic carboxylic acids is 1. The number of sulfonamides is 1. The molecule has 0 aliphatic carbocycles. The first-order valence-electron chi connectivity index (χ1n) is 13.6. The Bertz CT molecular complexity index is 839. The van der Waals surface area contributed by atoms with E-state index in [4.69, 9.17) is 9.76 Å². The van der Waals surface area contributed by atoms with Crippen LogP contribution in [-0.4, -0.2) is 44.3 Å². The molecule has 1 unspecified atom stereocenters. The van der Waals surface area contributed by atoms with Crippen molar-refractivity contribution in [3.8, 4) is 0 Å². The van der Waals surface area contributed by atoms with Gasteiger partial charge in [0.25, 0.3) is 0 Å². The van der Waals surface area contributed by atoms with Crippen LogP contribution < -0.4 is 10.2 Å². The van der Waals surface area contributed by atoms with Crippen molar-refractivity contribution >= 4 is 28.6 Å². The summed E-state index contributed by atoms with van der Waals surface area (Å²) in [5.74, 6) is -0.702. The predicted molar refractivity (Wildman–Crippen MR) is 147 cm³/mol. The molecule has 3 N–H and O–H groups in total. The molecule has 0 spiro atoms. The van der Waals surface area contributed by atoms with E-state index in [0.717, 1.165) is 38.5 Å². The lowest BCUT2D eigenvalue weighted by molar-refractivity contribution is -0.137. The second kappa shape index (κ2) is 17.2. The first-order chi connectivity index (χ1) is 16.9. The van der Waals surface area contributed by atoms with Crippen molar-refractivity contribution < 1.29 is 28.0 Å². The normalized spacial score (nSPS) is 13.0. The third-order valence-corrected chi connectivity index (χ3v) is 8.11. The highest BCUT2D eigenvalue weighted by molar-refractivity contribution is 7.89. The SMILES string of the molecule is CC(OB(O)c1ccc(S(=O)(=O)NCCCCCCCCCCCCCCC(=O)O)cc1)C(C)(C)C. The summed E-state index contributed by atoms with van der Waals surface area (Å²) in [6.45, 7) is 8.42. The molecular formula is C27H48BNO6S. The van der Waals surface area contributed by atoms with Gasteiger partial charge in [0.1, 0.15) is 0 Å². The topological polar surface area (TPSA) is 113 Å². The van der Waals surface area contributed by atoms with Crippen LogP contribution in [0.2, 0.25) is 0 Å². The molecule has 9 heteroatoms. The van der Waals surface area contributed by atoms with Crippen LogP contribution >= 0.6 is 0 Å². The molecule has 7 nitrogen and oxygen atoms in total. The summed E-state index contributed by atoms with van der Waals surface area (Å²) in [4.78, 5) is 10.6. The molecule has 0 fully saturated rings. The highest BCUT2D eigenvalue weighted by Gasteiger charge is 2.27. The van der Waals surface area contributed by atoms with Crippen LogP contribution in [0.15, 0.2) is 29.2 Å². The zero-order valence-corrected chi connectivity index (χ0v) is 23.6. The third-order valence-electron chi connectivity index (χ3n) is 6.64. The van der Waals surface area contributed by atoms with Crippen molar-refractivity contribution in [3.63, 3.8) is 0 Å². The first-order valence-corrected chi connectivity index (χ1v) is 15.1. The van der Waals surface area contributed by atoms with Gasteiger partial charge in [-0.15, -0.1) is 0 Å². The van der Waals surface area contributed by atoms with Gasteiger partial charge < -0.3 is 14.8 Å². The van der Waals surface area contributed by atoms with Crippen molar-refractivity contribution in [2.45, 2.75) is 122 Å². The number of benzene rings is 1. The lowest BCUT2D eigenvalue weighted by atomic mass is 9.78. The predicted octanol–water partition coefficient (Wildman–Crippen LogP) is 5.26. The number of carbonyl (C=O) groups is 1. The summed E-state index contributed by atoms with van der Waals surface area (Å²) in [5.41, 5.74) is 0.418. The summed E-state index contributed by atoms with van der Waals surface area (Å²) in [6.07, 6.45) is 13.2. The van der Waals surface area contributed by atoms with Crippen molar-refractivity contribution in [3.05, 3.63) is 24.3 Å². The molecule has 0 amide bonds. The maximum atomic E-state index is 12.5. The smallest absolute Gasteiger partial charge is 0.481 e. The maximum Gasteiger partial charge on any atom is 0.491 e. The minimum Gasteiger partial charge on any atom is -0.481 e. The van der Waals surface area contributed by atoms with Gasteiger partial charge >= 0.3 is 13.1 Å². The van der Waals surface area contributed by atoms with Crippen LogP contribution in [0.5, 0.6) is 0 Å². The lowest BCUT2D eigenvalue weighted by Crippen LogP contribution is -2.40.